The highest BCUT2D eigenvalue weighted by molar-refractivity contribution is 7.90. The molecule has 0 unspecified atom stereocenters. The molecule has 0 bridgehead atoms. The SMILES string of the molecule is CS(=O)(=O)c1ccc(-n2cc(NC(=O)c3ccccc3)cn2)cc1. The molecule has 0 aliphatic rings. The molecule has 24 heavy (non-hydrogen) atoms. The van der Waals surface area contributed by atoms with E-state index in [1.807, 2.05) is 6.07 Å². The maximum Gasteiger partial charge on any atom is 0.255 e. The molecule has 3 aromatic rings. The lowest BCUT2D eigenvalue weighted by atomic mass is 10.2. The van der Waals surface area contributed by atoms with Crippen LogP contribution in [-0.4, -0.2) is 30.4 Å². The topological polar surface area (TPSA) is 81.1 Å². The Bertz CT molecular complexity index is 962. The second-order valence-corrected chi connectivity index (χ2v) is 7.28. The lowest BCUT2D eigenvalue weighted by Crippen LogP contribution is -2.10. The molecule has 1 aromatic heterocycles. The zero-order valence-electron chi connectivity index (χ0n) is 12.9. The van der Waals surface area contributed by atoms with Gasteiger partial charge in [-0.2, -0.15) is 5.10 Å². The second kappa shape index (κ2) is 6.29. The van der Waals surface area contributed by atoms with Crippen molar-refractivity contribution in [1.29, 1.82) is 0 Å². The minimum Gasteiger partial charge on any atom is -0.319 e. The van der Waals surface area contributed by atoms with Crippen molar-refractivity contribution in [1.82, 2.24) is 9.78 Å². The summed E-state index contributed by atoms with van der Waals surface area (Å²) in [5.74, 6) is -0.220. The Hall–Kier alpha value is -2.93. The molecule has 2 aromatic carbocycles. The van der Waals surface area contributed by atoms with Crippen LogP contribution >= 0.6 is 0 Å². The zero-order valence-corrected chi connectivity index (χ0v) is 13.7. The molecule has 0 atom stereocenters. The van der Waals surface area contributed by atoms with Gasteiger partial charge < -0.3 is 5.32 Å². The highest BCUT2D eigenvalue weighted by Crippen LogP contribution is 2.16. The molecule has 6 nitrogen and oxygen atoms in total. The first-order valence-electron chi connectivity index (χ1n) is 7.15. The largest absolute Gasteiger partial charge is 0.319 e. The average molecular weight is 341 g/mol. The first kappa shape index (κ1) is 15.9. The fraction of sp³-hybridized carbons (Fsp3) is 0.0588. The average Bonchev–Trinajstić information content (AvgIpc) is 3.03. The molecule has 0 saturated heterocycles. The standard InChI is InChI=1S/C17H15N3O3S/c1-24(22,23)16-9-7-15(8-10-16)20-12-14(11-18-20)19-17(21)13-5-3-2-4-6-13/h2-12H,1H3,(H,19,21). The van der Waals surface area contributed by atoms with Crippen molar-refractivity contribution in [2.45, 2.75) is 4.90 Å². The number of rotatable bonds is 4. The molecule has 0 aliphatic carbocycles. The van der Waals surface area contributed by atoms with Gasteiger partial charge in [-0.3, -0.25) is 4.79 Å². The van der Waals surface area contributed by atoms with Gasteiger partial charge in [-0.25, -0.2) is 13.1 Å². The number of aromatic nitrogens is 2. The van der Waals surface area contributed by atoms with Crippen molar-refractivity contribution in [3.63, 3.8) is 0 Å². The summed E-state index contributed by atoms with van der Waals surface area (Å²) >= 11 is 0. The number of nitrogens with zero attached hydrogens (tertiary/aromatic N) is 2. The lowest BCUT2D eigenvalue weighted by Gasteiger charge is -2.03. The Balaban J connectivity index is 1.77. The summed E-state index contributed by atoms with van der Waals surface area (Å²) in [6, 6.07) is 15.2. The van der Waals surface area contributed by atoms with Crippen LogP contribution in [0.25, 0.3) is 5.69 Å². The molecular weight excluding hydrogens is 326 g/mol. The van der Waals surface area contributed by atoms with Crippen molar-refractivity contribution >= 4 is 21.4 Å². The third-order valence-electron chi connectivity index (χ3n) is 3.41. The van der Waals surface area contributed by atoms with Crippen LogP contribution in [0.1, 0.15) is 10.4 Å². The van der Waals surface area contributed by atoms with Gasteiger partial charge in [0.15, 0.2) is 9.84 Å². The number of anilines is 1. The summed E-state index contributed by atoms with van der Waals surface area (Å²) in [7, 11) is -3.23. The zero-order chi connectivity index (χ0) is 17.2. The van der Waals surface area contributed by atoms with Gasteiger partial charge in [-0.1, -0.05) is 18.2 Å². The molecule has 122 valence electrons. The highest BCUT2D eigenvalue weighted by atomic mass is 32.2. The van der Waals surface area contributed by atoms with Crippen LogP contribution in [0.4, 0.5) is 5.69 Å². The first-order valence-corrected chi connectivity index (χ1v) is 9.04. The van der Waals surface area contributed by atoms with E-state index in [-0.39, 0.29) is 10.8 Å². The van der Waals surface area contributed by atoms with Crippen LogP contribution in [0.5, 0.6) is 0 Å². The van der Waals surface area contributed by atoms with Crippen molar-refractivity contribution in [3.8, 4) is 5.69 Å². The molecular formula is C17H15N3O3S. The maximum absolute atomic E-state index is 12.1. The molecule has 0 radical (unpaired) electrons. The van der Waals surface area contributed by atoms with E-state index in [9.17, 15) is 13.2 Å². The van der Waals surface area contributed by atoms with Crippen molar-refractivity contribution < 1.29 is 13.2 Å². The fourth-order valence-electron chi connectivity index (χ4n) is 2.17. The van der Waals surface area contributed by atoms with Gasteiger partial charge in [0.25, 0.3) is 5.91 Å². The van der Waals surface area contributed by atoms with E-state index >= 15 is 0 Å². The molecule has 1 heterocycles. The maximum atomic E-state index is 12.1. The van der Waals surface area contributed by atoms with E-state index in [1.54, 1.807) is 47.3 Å². The Morgan fingerprint density at radius 3 is 2.33 bits per heavy atom. The number of sulfone groups is 1. The number of carbonyl (C=O) groups excluding carboxylic acids is 1. The van der Waals surface area contributed by atoms with E-state index in [2.05, 4.69) is 10.4 Å². The Morgan fingerprint density at radius 1 is 1.04 bits per heavy atom. The van der Waals surface area contributed by atoms with Crippen molar-refractivity contribution in [2.75, 3.05) is 11.6 Å². The summed E-state index contributed by atoms with van der Waals surface area (Å²) in [6.45, 7) is 0. The molecule has 0 saturated carbocycles. The highest BCUT2D eigenvalue weighted by Gasteiger charge is 2.09. The summed E-state index contributed by atoms with van der Waals surface area (Å²) in [5, 5.41) is 6.94. The number of hydrogen-bond donors (Lipinski definition) is 1. The molecule has 7 heteroatoms. The monoisotopic (exact) mass is 341 g/mol. The van der Waals surface area contributed by atoms with E-state index < -0.39 is 9.84 Å². The van der Waals surface area contributed by atoms with Crippen molar-refractivity contribution in [3.05, 3.63) is 72.6 Å². The van der Waals surface area contributed by atoms with Gasteiger partial charge in [-0.05, 0) is 36.4 Å². The Morgan fingerprint density at radius 2 is 1.71 bits per heavy atom. The van der Waals surface area contributed by atoms with Crippen LogP contribution in [0.15, 0.2) is 71.9 Å². The molecule has 3 rings (SSSR count). The molecule has 1 amide bonds. The van der Waals surface area contributed by atoms with Crippen LogP contribution in [-0.2, 0) is 9.84 Å². The minimum absolute atomic E-state index is 0.220. The Kier molecular flexibility index (Phi) is 4.18. The van der Waals surface area contributed by atoms with Crippen LogP contribution in [0.2, 0.25) is 0 Å². The summed E-state index contributed by atoms with van der Waals surface area (Å²) in [6.07, 6.45) is 4.36. The molecule has 1 N–H and O–H groups in total. The third kappa shape index (κ3) is 3.52. The van der Waals surface area contributed by atoms with Gasteiger partial charge in [0.2, 0.25) is 0 Å². The summed E-state index contributed by atoms with van der Waals surface area (Å²) in [5.41, 5.74) is 1.81. The number of benzene rings is 2. The second-order valence-electron chi connectivity index (χ2n) is 5.26. The normalized spacial score (nSPS) is 11.2. The smallest absolute Gasteiger partial charge is 0.255 e. The quantitative estimate of drug-likeness (QED) is 0.791. The minimum atomic E-state index is -3.23. The predicted octanol–water partition coefficient (Wildman–Crippen LogP) is 2.53. The molecule has 0 aliphatic heterocycles. The van der Waals surface area contributed by atoms with E-state index in [4.69, 9.17) is 0 Å². The van der Waals surface area contributed by atoms with Gasteiger partial charge in [-0.15, -0.1) is 0 Å². The Labute approximate surface area is 139 Å². The van der Waals surface area contributed by atoms with Gasteiger partial charge in [0, 0.05) is 11.8 Å². The number of nitrogens with one attached hydrogen (secondary N) is 1. The van der Waals surface area contributed by atoms with Gasteiger partial charge in [0.05, 0.1) is 28.7 Å². The van der Waals surface area contributed by atoms with Crippen LogP contribution < -0.4 is 5.32 Å². The van der Waals surface area contributed by atoms with Crippen molar-refractivity contribution in [2.24, 2.45) is 0 Å². The summed E-state index contributed by atoms with van der Waals surface area (Å²) < 4.78 is 24.5. The predicted molar refractivity (Wildman–Crippen MR) is 91.1 cm³/mol. The van der Waals surface area contributed by atoms with Crippen LogP contribution in [0, 0.1) is 0 Å². The van der Waals surface area contributed by atoms with Gasteiger partial charge >= 0.3 is 0 Å². The fourth-order valence-corrected chi connectivity index (χ4v) is 2.80. The number of amides is 1. The van der Waals surface area contributed by atoms with E-state index in [0.29, 0.717) is 16.9 Å². The number of hydrogen-bond acceptors (Lipinski definition) is 4. The van der Waals surface area contributed by atoms with Crippen LogP contribution in [0.3, 0.4) is 0 Å². The van der Waals surface area contributed by atoms with E-state index in [0.717, 1.165) is 6.26 Å². The third-order valence-corrected chi connectivity index (χ3v) is 4.53. The van der Waals surface area contributed by atoms with E-state index in [1.165, 1.54) is 18.3 Å². The number of carbonyl (C=O) groups is 1. The molecule has 0 fully saturated rings. The molecule has 0 spiro atoms. The van der Waals surface area contributed by atoms with Gasteiger partial charge in [0.1, 0.15) is 0 Å². The first-order chi connectivity index (χ1) is 11.4. The summed E-state index contributed by atoms with van der Waals surface area (Å²) in [4.78, 5) is 12.3. The lowest BCUT2D eigenvalue weighted by molar-refractivity contribution is 0.102.